The summed E-state index contributed by atoms with van der Waals surface area (Å²) >= 11 is 0. The van der Waals surface area contributed by atoms with Gasteiger partial charge < -0.3 is 0 Å². The number of amides is 2. The van der Waals surface area contributed by atoms with Crippen LogP contribution in [0.2, 0.25) is 0 Å². The van der Waals surface area contributed by atoms with Crippen molar-refractivity contribution in [1.29, 1.82) is 0 Å². The van der Waals surface area contributed by atoms with Crippen LogP contribution in [0.3, 0.4) is 0 Å². The average Bonchev–Trinajstić information content (AvgIpc) is 2.73. The number of imide groups is 1. The fourth-order valence-corrected chi connectivity index (χ4v) is 2.67. The van der Waals surface area contributed by atoms with E-state index in [1.165, 1.54) is 4.90 Å². The molecule has 0 aliphatic carbocycles. The fraction of sp³-hybridized carbons (Fsp3) is 0.176. The second-order valence-corrected chi connectivity index (χ2v) is 5.42. The molecule has 1 aliphatic heterocycles. The Morgan fingerprint density at radius 2 is 1.20 bits per heavy atom. The molecule has 0 unspecified atom stereocenters. The Balaban J connectivity index is 2.09. The minimum atomic E-state index is -0.672. The molecule has 0 saturated heterocycles. The second kappa shape index (κ2) is 4.30. The third-order valence-electron chi connectivity index (χ3n) is 3.83. The van der Waals surface area contributed by atoms with Crippen molar-refractivity contribution in [1.82, 2.24) is 4.90 Å². The van der Waals surface area contributed by atoms with Gasteiger partial charge >= 0.3 is 0 Å². The molecule has 20 heavy (non-hydrogen) atoms. The van der Waals surface area contributed by atoms with E-state index in [1.54, 1.807) is 24.3 Å². The van der Waals surface area contributed by atoms with Crippen molar-refractivity contribution in [2.75, 3.05) is 0 Å². The number of fused-ring (bicyclic) bond motifs is 1. The summed E-state index contributed by atoms with van der Waals surface area (Å²) in [6, 6.07) is 16.6. The summed E-state index contributed by atoms with van der Waals surface area (Å²) in [4.78, 5) is 26.4. The van der Waals surface area contributed by atoms with E-state index >= 15 is 0 Å². The quantitative estimate of drug-likeness (QED) is 0.782. The largest absolute Gasteiger partial charge is 0.269 e. The van der Waals surface area contributed by atoms with Crippen LogP contribution in [0.15, 0.2) is 54.6 Å². The van der Waals surface area contributed by atoms with Crippen molar-refractivity contribution in [3.05, 3.63) is 71.3 Å². The molecular formula is C17H15NO2. The van der Waals surface area contributed by atoms with Crippen LogP contribution < -0.4 is 0 Å². The van der Waals surface area contributed by atoms with Crippen molar-refractivity contribution in [2.24, 2.45) is 0 Å². The topological polar surface area (TPSA) is 37.4 Å². The molecule has 0 fully saturated rings. The van der Waals surface area contributed by atoms with Gasteiger partial charge in [-0.3, -0.25) is 14.5 Å². The summed E-state index contributed by atoms with van der Waals surface area (Å²) < 4.78 is 0. The third-order valence-corrected chi connectivity index (χ3v) is 3.83. The zero-order valence-corrected chi connectivity index (χ0v) is 11.5. The normalized spacial score (nSPS) is 14.6. The lowest BCUT2D eigenvalue weighted by molar-refractivity contribution is 0.0475. The molecule has 2 aromatic rings. The Bertz CT molecular complexity index is 654. The second-order valence-electron chi connectivity index (χ2n) is 5.42. The highest BCUT2D eigenvalue weighted by Crippen LogP contribution is 2.35. The number of carbonyl (C=O) groups is 2. The van der Waals surface area contributed by atoms with E-state index in [0.717, 1.165) is 5.56 Å². The molecule has 100 valence electrons. The Morgan fingerprint density at radius 3 is 1.70 bits per heavy atom. The molecule has 1 heterocycles. The monoisotopic (exact) mass is 265 g/mol. The van der Waals surface area contributed by atoms with Gasteiger partial charge in [0.15, 0.2) is 0 Å². The number of hydrogen-bond donors (Lipinski definition) is 0. The minimum absolute atomic E-state index is 0.223. The van der Waals surface area contributed by atoms with E-state index in [0.29, 0.717) is 11.1 Å². The smallest absolute Gasteiger partial charge is 0.262 e. The van der Waals surface area contributed by atoms with Gasteiger partial charge in [-0.05, 0) is 31.5 Å². The molecule has 0 atom stereocenters. The van der Waals surface area contributed by atoms with Crippen LogP contribution in [-0.4, -0.2) is 16.7 Å². The lowest BCUT2D eigenvalue weighted by Crippen LogP contribution is -2.45. The number of nitrogens with zero attached hydrogens (tertiary/aromatic N) is 1. The summed E-state index contributed by atoms with van der Waals surface area (Å²) in [6.45, 7) is 3.79. The highest BCUT2D eigenvalue weighted by atomic mass is 16.2. The Labute approximate surface area is 117 Å². The van der Waals surface area contributed by atoms with Crippen molar-refractivity contribution in [3.63, 3.8) is 0 Å². The number of rotatable bonds is 2. The molecule has 3 nitrogen and oxygen atoms in total. The summed E-state index contributed by atoms with van der Waals surface area (Å²) in [7, 11) is 0. The molecule has 2 amide bonds. The maximum Gasteiger partial charge on any atom is 0.262 e. The number of benzene rings is 2. The van der Waals surface area contributed by atoms with Gasteiger partial charge in [-0.2, -0.15) is 0 Å². The van der Waals surface area contributed by atoms with Crippen LogP contribution >= 0.6 is 0 Å². The summed E-state index contributed by atoms with van der Waals surface area (Å²) in [5.41, 5.74) is 1.24. The van der Waals surface area contributed by atoms with Crippen molar-refractivity contribution in [2.45, 2.75) is 19.4 Å². The maximum atomic E-state index is 12.5. The first kappa shape index (κ1) is 12.6. The van der Waals surface area contributed by atoms with Gasteiger partial charge in [0.1, 0.15) is 0 Å². The summed E-state index contributed by atoms with van der Waals surface area (Å²) in [5, 5.41) is 0. The third kappa shape index (κ3) is 1.67. The molecule has 1 aliphatic rings. The summed E-state index contributed by atoms with van der Waals surface area (Å²) in [6.07, 6.45) is 0. The van der Waals surface area contributed by atoms with Crippen LogP contribution in [-0.2, 0) is 5.54 Å². The van der Waals surface area contributed by atoms with Crippen molar-refractivity contribution < 1.29 is 9.59 Å². The van der Waals surface area contributed by atoms with Crippen LogP contribution in [0.5, 0.6) is 0 Å². The molecule has 2 aromatic carbocycles. The predicted octanol–water partition coefficient (Wildman–Crippen LogP) is 3.22. The highest BCUT2D eigenvalue weighted by molar-refractivity contribution is 6.21. The maximum absolute atomic E-state index is 12.5. The van der Waals surface area contributed by atoms with Gasteiger partial charge in [0.05, 0.1) is 16.7 Å². The Morgan fingerprint density at radius 1 is 0.750 bits per heavy atom. The molecule has 0 spiro atoms. The Kier molecular flexibility index (Phi) is 2.71. The van der Waals surface area contributed by atoms with E-state index in [2.05, 4.69) is 0 Å². The zero-order valence-electron chi connectivity index (χ0n) is 11.5. The van der Waals surface area contributed by atoms with Crippen molar-refractivity contribution >= 4 is 11.8 Å². The summed E-state index contributed by atoms with van der Waals surface area (Å²) in [5.74, 6) is -0.445. The van der Waals surface area contributed by atoms with Crippen LogP contribution in [0.4, 0.5) is 0 Å². The number of carbonyl (C=O) groups excluding carboxylic acids is 2. The molecule has 0 aromatic heterocycles. The predicted molar refractivity (Wildman–Crippen MR) is 76.4 cm³/mol. The minimum Gasteiger partial charge on any atom is -0.269 e. The molecular weight excluding hydrogens is 250 g/mol. The SMILES string of the molecule is CC(C)(c1ccccc1)N1C(=O)c2ccccc2C1=O. The van der Waals surface area contributed by atoms with E-state index in [1.807, 2.05) is 44.2 Å². The lowest BCUT2D eigenvalue weighted by atomic mass is 9.92. The van der Waals surface area contributed by atoms with Gasteiger partial charge in [0, 0.05) is 0 Å². The fourth-order valence-electron chi connectivity index (χ4n) is 2.67. The van der Waals surface area contributed by atoms with Crippen LogP contribution in [0.1, 0.15) is 40.1 Å². The first-order chi connectivity index (χ1) is 9.53. The van der Waals surface area contributed by atoms with E-state index in [9.17, 15) is 9.59 Å². The highest BCUT2D eigenvalue weighted by Gasteiger charge is 2.44. The van der Waals surface area contributed by atoms with Crippen LogP contribution in [0.25, 0.3) is 0 Å². The number of hydrogen-bond acceptors (Lipinski definition) is 2. The lowest BCUT2D eigenvalue weighted by Gasteiger charge is -2.34. The van der Waals surface area contributed by atoms with Gasteiger partial charge in [0.2, 0.25) is 0 Å². The molecule has 0 N–H and O–H groups in total. The van der Waals surface area contributed by atoms with E-state index < -0.39 is 5.54 Å². The molecule has 3 rings (SSSR count). The van der Waals surface area contributed by atoms with Gasteiger partial charge in [-0.25, -0.2) is 0 Å². The molecule has 3 heteroatoms. The van der Waals surface area contributed by atoms with Crippen LogP contribution in [0, 0.1) is 0 Å². The molecule has 0 saturated carbocycles. The Hall–Kier alpha value is -2.42. The van der Waals surface area contributed by atoms with Gasteiger partial charge in [-0.1, -0.05) is 42.5 Å². The van der Waals surface area contributed by atoms with Gasteiger partial charge in [0.25, 0.3) is 11.8 Å². The standard InChI is InChI=1S/C17H15NO2/c1-17(2,12-8-4-3-5-9-12)18-15(19)13-10-6-7-11-14(13)16(18)20/h3-11H,1-2H3. The van der Waals surface area contributed by atoms with E-state index in [-0.39, 0.29) is 11.8 Å². The van der Waals surface area contributed by atoms with Gasteiger partial charge in [-0.15, -0.1) is 0 Å². The first-order valence-corrected chi connectivity index (χ1v) is 6.57. The van der Waals surface area contributed by atoms with Crippen molar-refractivity contribution in [3.8, 4) is 0 Å². The average molecular weight is 265 g/mol. The zero-order chi connectivity index (χ0) is 14.3. The van der Waals surface area contributed by atoms with E-state index in [4.69, 9.17) is 0 Å². The first-order valence-electron chi connectivity index (χ1n) is 6.57. The molecule has 0 bridgehead atoms. The molecule has 0 radical (unpaired) electrons.